The van der Waals surface area contributed by atoms with Gasteiger partial charge in [0.05, 0.1) is 6.61 Å². The zero-order valence-electron chi connectivity index (χ0n) is 20.1. The van der Waals surface area contributed by atoms with Crippen LogP contribution in [-0.4, -0.2) is 18.7 Å². The number of benzene rings is 2. The molecule has 0 bridgehead atoms. The molecule has 33 heavy (non-hydrogen) atoms. The molecule has 5 heteroatoms. The highest BCUT2D eigenvalue weighted by Crippen LogP contribution is 2.24. The normalized spacial score (nSPS) is 10.6. The van der Waals surface area contributed by atoms with Crippen molar-refractivity contribution in [1.29, 1.82) is 0 Å². The maximum atomic E-state index is 12.4. The molecular formula is C28H38O5. The lowest BCUT2D eigenvalue weighted by atomic mass is 10.0. The minimum atomic E-state index is -0.873. The number of carbonyl (C=O) groups is 2. The van der Waals surface area contributed by atoms with Crippen LogP contribution in [0, 0.1) is 0 Å². The van der Waals surface area contributed by atoms with Crippen molar-refractivity contribution in [2.24, 2.45) is 0 Å². The Morgan fingerprint density at radius 2 is 1.21 bits per heavy atom. The number of rotatable bonds is 15. The van der Waals surface area contributed by atoms with Crippen molar-refractivity contribution >= 4 is 12.1 Å². The summed E-state index contributed by atoms with van der Waals surface area (Å²) in [5.74, 6) is 0.0717. The molecule has 0 fully saturated rings. The van der Waals surface area contributed by atoms with Crippen LogP contribution < -0.4 is 9.47 Å². The predicted octanol–water partition coefficient (Wildman–Crippen LogP) is 7.90. The Bertz CT molecular complexity index is 846. The first-order valence-corrected chi connectivity index (χ1v) is 12.4. The van der Waals surface area contributed by atoms with Gasteiger partial charge in [0.25, 0.3) is 0 Å². The first-order valence-electron chi connectivity index (χ1n) is 12.4. The predicted molar refractivity (Wildman–Crippen MR) is 131 cm³/mol. The second-order valence-electron chi connectivity index (χ2n) is 8.21. The number of aryl methyl sites for hydroxylation is 1. The minimum Gasteiger partial charge on any atom is -0.462 e. The quantitative estimate of drug-likeness (QED) is 0.155. The van der Waals surface area contributed by atoms with Crippen molar-refractivity contribution in [1.82, 2.24) is 0 Å². The van der Waals surface area contributed by atoms with Gasteiger partial charge in [0.2, 0.25) is 0 Å². The molecule has 0 saturated heterocycles. The van der Waals surface area contributed by atoms with Crippen molar-refractivity contribution in [3.05, 3.63) is 59.7 Å². The van der Waals surface area contributed by atoms with Crippen LogP contribution in [0.1, 0.15) is 94.0 Å². The number of hydrogen-bond donors (Lipinski definition) is 0. The van der Waals surface area contributed by atoms with E-state index in [1.165, 1.54) is 57.8 Å². The van der Waals surface area contributed by atoms with Gasteiger partial charge in [-0.3, -0.25) is 0 Å². The van der Waals surface area contributed by atoms with E-state index in [4.69, 9.17) is 14.2 Å². The highest BCUT2D eigenvalue weighted by molar-refractivity contribution is 5.93. The summed E-state index contributed by atoms with van der Waals surface area (Å²) in [4.78, 5) is 24.5. The molecule has 0 atom stereocenters. The average Bonchev–Trinajstić information content (AvgIpc) is 2.81. The lowest BCUT2D eigenvalue weighted by molar-refractivity contribution is 0.0522. The molecule has 0 radical (unpaired) electrons. The Balaban J connectivity index is 1.79. The first kappa shape index (κ1) is 26.4. The van der Waals surface area contributed by atoms with Crippen LogP contribution in [0.5, 0.6) is 11.5 Å². The van der Waals surface area contributed by atoms with Gasteiger partial charge in [-0.25, -0.2) is 9.59 Å². The Labute approximate surface area is 198 Å². The lowest BCUT2D eigenvalue weighted by Crippen LogP contribution is -2.17. The van der Waals surface area contributed by atoms with Gasteiger partial charge in [-0.15, -0.1) is 0 Å². The smallest absolute Gasteiger partial charge is 0.462 e. The summed E-state index contributed by atoms with van der Waals surface area (Å²) in [6, 6.07) is 14.0. The van der Waals surface area contributed by atoms with Crippen LogP contribution in [0.4, 0.5) is 4.79 Å². The third-order valence-electron chi connectivity index (χ3n) is 5.54. The number of hydrogen-bond acceptors (Lipinski definition) is 5. The molecule has 0 spiro atoms. The van der Waals surface area contributed by atoms with Crippen molar-refractivity contribution in [3.63, 3.8) is 0 Å². The van der Waals surface area contributed by atoms with E-state index in [1.807, 2.05) is 18.2 Å². The Morgan fingerprint density at radius 1 is 0.667 bits per heavy atom. The van der Waals surface area contributed by atoms with Gasteiger partial charge >= 0.3 is 12.1 Å². The van der Waals surface area contributed by atoms with Crippen LogP contribution in [0.3, 0.4) is 0 Å². The topological polar surface area (TPSA) is 61.8 Å². The first-order chi connectivity index (χ1) is 16.2. The van der Waals surface area contributed by atoms with Crippen LogP contribution in [0.15, 0.2) is 48.5 Å². The van der Waals surface area contributed by atoms with E-state index in [-0.39, 0.29) is 17.9 Å². The summed E-state index contributed by atoms with van der Waals surface area (Å²) in [6.45, 7) is 4.21. The van der Waals surface area contributed by atoms with Crippen molar-refractivity contribution in [2.45, 2.75) is 84.5 Å². The summed E-state index contributed by atoms with van der Waals surface area (Å²) in [5, 5.41) is 0. The van der Waals surface area contributed by atoms with Crippen molar-refractivity contribution in [3.8, 4) is 11.5 Å². The maximum absolute atomic E-state index is 12.4. The standard InChI is InChI=1S/C28H38O5/c1-3-5-6-7-8-9-10-11-12-13-18-23-19-14-16-21-25(23)32-28(30)33-26-22-17-15-20-24(26)27(29)31-4-2/h14-17,19-22H,3-13,18H2,1-2H3. The van der Waals surface area contributed by atoms with Crippen LogP contribution in [0.25, 0.3) is 0 Å². The highest BCUT2D eigenvalue weighted by atomic mass is 16.7. The monoisotopic (exact) mass is 454 g/mol. The Hall–Kier alpha value is -2.82. The fraction of sp³-hybridized carbons (Fsp3) is 0.500. The largest absolute Gasteiger partial charge is 0.519 e. The molecular weight excluding hydrogens is 416 g/mol. The number of esters is 1. The average molecular weight is 455 g/mol. The van der Waals surface area contributed by atoms with Gasteiger partial charge in [-0.2, -0.15) is 0 Å². The van der Waals surface area contributed by atoms with Crippen LogP contribution in [-0.2, 0) is 11.2 Å². The summed E-state index contributed by atoms with van der Waals surface area (Å²) < 4.78 is 15.8. The second kappa shape index (κ2) is 15.9. The van der Waals surface area contributed by atoms with Gasteiger partial charge in [0.15, 0.2) is 0 Å². The molecule has 2 rings (SSSR count). The highest BCUT2D eigenvalue weighted by Gasteiger charge is 2.18. The molecule has 0 amide bonds. The van der Waals surface area contributed by atoms with Gasteiger partial charge in [-0.1, -0.05) is 95.0 Å². The molecule has 180 valence electrons. The van der Waals surface area contributed by atoms with E-state index in [9.17, 15) is 9.59 Å². The molecule has 0 N–H and O–H groups in total. The van der Waals surface area contributed by atoms with Gasteiger partial charge in [0, 0.05) is 0 Å². The summed E-state index contributed by atoms with van der Waals surface area (Å²) in [7, 11) is 0. The number of unbranched alkanes of at least 4 members (excludes halogenated alkanes) is 9. The van der Waals surface area contributed by atoms with Crippen molar-refractivity contribution in [2.75, 3.05) is 6.61 Å². The number of ether oxygens (including phenoxy) is 3. The second-order valence-corrected chi connectivity index (χ2v) is 8.21. The summed E-state index contributed by atoms with van der Waals surface area (Å²) >= 11 is 0. The molecule has 2 aromatic rings. The molecule has 0 unspecified atom stereocenters. The van der Waals surface area contributed by atoms with Crippen LogP contribution >= 0.6 is 0 Å². The van der Waals surface area contributed by atoms with E-state index < -0.39 is 12.1 Å². The van der Waals surface area contributed by atoms with Gasteiger partial charge in [-0.05, 0) is 43.5 Å². The molecule has 5 nitrogen and oxygen atoms in total. The lowest BCUT2D eigenvalue weighted by Gasteiger charge is -2.12. The molecule has 0 heterocycles. The van der Waals surface area contributed by atoms with E-state index >= 15 is 0 Å². The van der Waals surface area contributed by atoms with Gasteiger partial charge < -0.3 is 14.2 Å². The minimum absolute atomic E-state index is 0.119. The third-order valence-corrected chi connectivity index (χ3v) is 5.54. The number of carbonyl (C=O) groups excluding carboxylic acids is 2. The molecule has 0 aromatic heterocycles. The van der Waals surface area contributed by atoms with E-state index in [2.05, 4.69) is 6.92 Å². The summed E-state index contributed by atoms with van der Waals surface area (Å²) in [6.07, 6.45) is 12.8. The molecule has 0 aliphatic heterocycles. The molecule has 2 aromatic carbocycles. The third kappa shape index (κ3) is 10.1. The summed E-state index contributed by atoms with van der Waals surface area (Å²) in [5.41, 5.74) is 1.17. The molecule has 0 aliphatic rings. The fourth-order valence-electron chi connectivity index (χ4n) is 3.75. The van der Waals surface area contributed by atoms with E-state index in [0.29, 0.717) is 5.75 Å². The zero-order chi connectivity index (χ0) is 23.7. The molecule has 0 saturated carbocycles. The zero-order valence-corrected chi connectivity index (χ0v) is 20.1. The number of para-hydroxylation sites is 2. The van der Waals surface area contributed by atoms with E-state index in [0.717, 1.165) is 18.4 Å². The van der Waals surface area contributed by atoms with Crippen molar-refractivity contribution < 1.29 is 23.8 Å². The Morgan fingerprint density at radius 3 is 1.88 bits per heavy atom. The SMILES string of the molecule is CCCCCCCCCCCCc1ccccc1OC(=O)Oc1ccccc1C(=O)OCC. The van der Waals surface area contributed by atoms with Gasteiger partial charge in [0.1, 0.15) is 17.1 Å². The maximum Gasteiger partial charge on any atom is 0.519 e. The van der Waals surface area contributed by atoms with E-state index in [1.54, 1.807) is 37.3 Å². The molecule has 0 aliphatic carbocycles. The fourth-order valence-corrected chi connectivity index (χ4v) is 3.75. The Kier molecular flexibility index (Phi) is 12.7. The van der Waals surface area contributed by atoms with Crippen LogP contribution in [0.2, 0.25) is 0 Å².